The molecule has 0 bridgehead atoms. The Hall–Kier alpha value is -2.36. The second kappa shape index (κ2) is 10.1. The maximum absolute atomic E-state index is 6.02. The van der Waals surface area contributed by atoms with Crippen LogP contribution in [0.15, 0.2) is 41.4 Å². The van der Waals surface area contributed by atoms with Crippen LogP contribution in [0.4, 0.5) is 5.69 Å². The molecule has 0 saturated heterocycles. The number of hydrogen-bond donors (Lipinski definition) is 2. The highest BCUT2D eigenvalue weighted by molar-refractivity contribution is 14.0. The molecular formula is C19H24IN3O4. The Kier molecular flexibility index (Phi) is 7.83. The van der Waals surface area contributed by atoms with Gasteiger partial charge >= 0.3 is 0 Å². The van der Waals surface area contributed by atoms with Gasteiger partial charge in [0.25, 0.3) is 0 Å². The molecule has 0 radical (unpaired) electrons. The lowest BCUT2D eigenvalue weighted by Gasteiger charge is -2.11. The predicted molar refractivity (Wildman–Crippen MR) is 116 cm³/mol. The van der Waals surface area contributed by atoms with Gasteiger partial charge in [-0.15, -0.1) is 24.0 Å². The molecule has 1 aliphatic rings. The molecule has 2 aromatic rings. The van der Waals surface area contributed by atoms with Crippen LogP contribution in [0.2, 0.25) is 0 Å². The van der Waals surface area contributed by atoms with Crippen molar-refractivity contribution in [1.82, 2.24) is 0 Å². The number of fused-ring (bicyclic) bond motifs is 1. The first-order valence-corrected chi connectivity index (χ1v) is 8.37. The van der Waals surface area contributed by atoms with Crippen molar-refractivity contribution < 1.29 is 18.9 Å². The summed E-state index contributed by atoms with van der Waals surface area (Å²) in [5, 5.41) is 3.07. The van der Waals surface area contributed by atoms with Crippen molar-refractivity contribution in [1.29, 1.82) is 0 Å². The van der Waals surface area contributed by atoms with Crippen molar-refractivity contribution in [3.63, 3.8) is 0 Å². The molecule has 1 heterocycles. The molecule has 0 fully saturated rings. The fourth-order valence-electron chi connectivity index (χ4n) is 2.60. The number of guanidine groups is 1. The first-order chi connectivity index (χ1) is 12.7. The molecule has 7 nitrogen and oxygen atoms in total. The Labute approximate surface area is 175 Å². The van der Waals surface area contributed by atoms with E-state index in [1.807, 2.05) is 36.4 Å². The van der Waals surface area contributed by atoms with Crippen LogP contribution in [0, 0.1) is 0 Å². The SMILES string of the molecule is COc1ccc(OC)c(CN=C(N)Nc2ccc3c(c2)OCCCO3)c1.I. The van der Waals surface area contributed by atoms with E-state index in [1.54, 1.807) is 14.2 Å². The third-order valence-electron chi connectivity index (χ3n) is 3.93. The van der Waals surface area contributed by atoms with Crippen LogP contribution < -0.4 is 30.0 Å². The number of rotatable bonds is 5. The number of anilines is 1. The van der Waals surface area contributed by atoms with Gasteiger partial charge in [-0.25, -0.2) is 4.99 Å². The highest BCUT2D eigenvalue weighted by Crippen LogP contribution is 2.32. The minimum atomic E-state index is 0. The lowest BCUT2D eigenvalue weighted by molar-refractivity contribution is 0.297. The quantitative estimate of drug-likeness (QED) is 0.384. The molecule has 8 heteroatoms. The van der Waals surface area contributed by atoms with Crippen LogP contribution in [-0.4, -0.2) is 33.4 Å². The van der Waals surface area contributed by atoms with Gasteiger partial charge < -0.3 is 30.0 Å². The number of nitrogens with two attached hydrogens (primary N) is 1. The van der Waals surface area contributed by atoms with Gasteiger partial charge in [0, 0.05) is 23.7 Å². The zero-order valence-electron chi connectivity index (χ0n) is 15.4. The Morgan fingerprint density at radius 3 is 2.59 bits per heavy atom. The summed E-state index contributed by atoms with van der Waals surface area (Å²) in [6.07, 6.45) is 0.864. The molecule has 0 saturated carbocycles. The van der Waals surface area contributed by atoms with Gasteiger partial charge in [-0.1, -0.05) is 0 Å². The maximum Gasteiger partial charge on any atom is 0.193 e. The molecule has 0 unspecified atom stereocenters. The highest BCUT2D eigenvalue weighted by atomic mass is 127. The largest absolute Gasteiger partial charge is 0.497 e. The van der Waals surface area contributed by atoms with Crippen molar-refractivity contribution in [2.45, 2.75) is 13.0 Å². The Morgan fingerprint density at radius 2 is 1.85 bits per heavy atom. The molecule has 0 aliphatic carbocycles. The number of nitrogens with one attached hydrogen (secondary N) is 1. The standard InChI is InChI=1S/C19H23N3O4.HI/c1-23-15-5-7-16(24-2)13(10-15)12-21-19(20)22-14-4-6-17-18(11-14)26-9-3-8-25-17;/h4-7,10-11H,3,8-9,12H2,1-2H3,(H3,20,21,22);1H. The van der Waals surface area contributed by atoms with Gasteiger partial charge in [0.05, 0.1) is 34.0 Å². The summed E-state index contributed by atoms with van der Waals surface area (Å²) in [5.41, 5.74) is 7.69. The summed E-state index contributed by atoms with van der Waals surface area (Å²) >= 11 is 0. The molecule has 0 aromatic heterocycles. The van der Waals surface area contributed by atoms with E-state index < -0.39 is 0 Å². The van der Waals surface area contributed by atoms with Crippen molar-refractivity contribution in [3.05, 3.63) is 42.0 Å². The number of nitrogens with zero attached hydrogens (tertiary/aromatic N) is 1. The number of aliphatic imine (C=N–C) groups is 1. The van der Waals surface area contributed by atoms with E-state index >= 15 is 0 Å². The average Bonchev–Trinajstić information content (AvgIpc) is 2.91. The number of benzene rings is 2. The van der Waals surface area contributed by atoms with E-state index in [0.717, 1.165) is 34.9 Å². The summed E-state index contributed by atoms with van der Waals surface area (Å²) < 4.78 is 21.9. The van der Waals surface area contributed by atoms with E-state index in [4.69, 9.17) is 24.7 Å². The van der Waals surface area contributed by atoms with Gasteiger partial charge in [0.1, 0.15) is 11.5 Å². The zero-order chi connectivity index (χ0) is 18.4. The van der Waals surface area contributed by atoms with Crippen LogP contribution in [-0.2, 0) is 6.54 Å². The van der Waals surface area contributed by atoms with Crippen molar-refractivity contribution in [2.24, 2.45) is 10.7 Å². The minimum Gasteiger partial charge on any atom is -0.497 e. The summed E-state index contributed by atoms with van der Waals surface area (Å²) in [4.78, 5) is 4.38. The molecule has 2 aromatic carbocycles. The first kappa shape index (κ1) is 20.9. The Morgan fingerprint density at radius 1 is 1.07 bits per heavy atom. The minimum absolute atomic E-state index is 0. The second-order valence-electron chi connectivity index (χ2n) is 5.72. The van der Waals surface area contributed by atoms with Gasteiger partial charge in [0.15, 0.2) is 17.5 Å². The average molecular weight is 485 g/mol. The normalized spacial score (nSPS) is 13.2. The molecular weight excluding hydrogens is 461 g/mol. The molecule has 27 heavy (non-hydrogen) atoms. The number of halogens is 1. The second-order valence-corrected chi connectivity index (χ2v) is 5.72. The smallest absolute Gasteiger partial charge is 0.193 e. The zero-order valence-corrected chi connectivity index (χ0v) is 17.7. The Bertz CT molecular complexity index is 799. The third-order valence-corrected chi connectivity index (χ3v) is 3.93. The lowest BCUT2D eigenvalue weighted by Crippen LogP contribution is -2.22. The fourth-order valence-corrected chi connectivity index (χ4v) is 2.60. The van der Waals surface area contributed by atoms with Gasteiger partial charge in [-0.3, -0.25) is 0 Å². The molecule has 0 spiro atoms. The summed E-state index contributed by atoms with van der Waals surface area (Å²) in [7, 11) is 3.24. The Balaban J connectivity index is 0.00000261. The van der Waals surface area contributed by atoms with E-state index in [2.05, 4.69) is 10.3 Å². The predicted octanol–water partition coefficient (Wildman–Crippen LogP) is 3.41. The molecule has 3 N–H and O–H groups in total. The highest BCUT2D eigenvalue weighted by Gasteiger charge is 2.11. The fraction of sp³-hybridized carbons (Fsp3) is 0.316. The molecule has 3 rings (SSSR count). The van der Waals surface area contributed by atoms with E-state index in [9.17, 15) is 0 Å². The van der Waals surface area contributed by atoms with Crippen molar-refractivity contribution >= 4 is 35.6 Å². The lowest BCUT2D eigenvalue weighted by atomic mass is 10.2. The molecule has 1 aliphatic heterocycles. The van der Waals surface area contributed by atoms with Crippen molar-refractivity contribution in [2.75, 3.05) is 32.8 Å². The number of hydrogen-bond acceptors (Lipinski definition) is 5. The van der Waals surface area contributed by atoms with E-state index in [0.29, 0.717) is 31.5 Å². The van der Waals surface area contributed by atoms with Crippen LogP contribution in [0.1, 0.15) is 12.0 Å². The molecule has 0 atom stereocenters. The third kappa shape index (κ3) is 5.56. The first-order valence-electron chi connectivity index (χ1n) is 8.37. The van der Waals surface area contributed by atoms with Crippen LogP contribution in [0.3, 0.4) is 0 Å². The van der Waals surface area contributed by atoms with Gasteiger partial charge in [-0.2, -0.15) is 0 Å². The van der Waals surface area contributed by atoms with E-state index in [-0.39, 0.29) is 24.0 Å². The van der Waals surface area contributed by atoms with Gasteiger partial charge in [-0.05, 0) is 30.3 Å². The number of ether oxygens (including phenoxy) is 4. The summed E-state index contributed by atoms with van der Waals surface area (Å²) in [5.74, 6) is 3.21. The van der Waals surface area contributed by atoms with Crippen molar-refractivity contribution in [3.8, 4) is 23.0 Å². The van der Waals surface area contributed by atoms with Crippen LogP contribution in [0.25, 0.3) is 0 Å². The van der Waals surface area contributed by atoms with Gasteiger partial charge in [0.2, 0.25) is 0 Å². The summed E-state index contributed by atoms with van der Waals surface area (Å²) in [6, 6.07) is 11.2. The molecule has 0 amide bonds. The summed E-state index contributed by atoms with van der Waals surface area (Å²) in [6.45, 7) is 1.66. The molecule has 146 valence electrons. The topological polar surface area (TPSA) is 87.3 Å². The van der Waals surface area contributed by atoms with Crippen LogP contribution in [0.5, 0.6) is 23.0 Å². The monoisotopic (exact) mass is 485 g/mol. The van der Waals surface area contributed by atoms with E-state index in [1.165, 1.54) is 0 Å². The van der Waals surface area contributed by atoms with Crippen LogP contribution >= 0.6 is 24.0 Å². The maximum atomic E-state index is 6.02. The number of methoxy groups -OCH3 is 2.